The topological polar surface area (TPSA) is 84.0 Å². The summed E-state index contributed by atoms with van der Waals surface area (Å²) >= 11 is 0. The van der Waals surface area contributed by atoms with Crippen molar-refractivity contribution < 1.29 is 9.94 Å². The lowest BCUT2D eigenvalue weighted by atomic mass is 9.98. The molecule has 3 N–H and O–H groups in total. The van der Waals surface area contributed by atoms with Crippen LogP contribution in [0.25, 0.3) is 0 Å². The van der Waals surface area contributed by atoms with Crippen LogP contribution in [0.5, 0.6) is 0 Å². The van der Waals surface area contributed by atoms with Crippen molar-refractivity contribution in [1.82, 2.24) is 4.98 Å². The third kappa shape index (κ3) is 3.35. The summed E-state index contributed by atoms with van der Waals surface area (Å²) in [5.41, 5.74) is 6.06. The molecule has 0 spiro atoms. The van der Waals surface area contributed by atoms with Crippen LogP contribution in [0.1, 0.15) is 18.5 Å². The number of nitrogens with zero attached hydrogens (tertiary/aromatic N) is 3. The van der Waals surface area contributed by atoms with Crippen molar-refractivity contribution in [2.75, 3.05) is 31.7 Å². The van der Waals surface area contributed by atoms with E-state index in [-0.39, 0.29) is 5.84 Å². The van der Waals surface area contributed by atoms with Gasteiger partial charge in [-0.1, -0.05) is 11.2 Å². The fourth-order valence-corrected chi connectivity index (χ4v) is 2.36. The number of aromatic nitrogens is 1. The predicted molar refractivity (Wildman–Crippen MR) is 73.6 cm³/mol. The molecule has 1 saturated heterocycles. The average molecular weight is 264 g/mol. The number of oxime groups is 1. The van der Waals surface area contributed by atoms with E-state index in [4.69, 9.17) is 15.7 Å². The van der Waals surface area contributed by atoms with Gasteiger partial charge in [0.1, 0.15) is 11.5 Å². The molecule has 1 aromatic rings. The van der Waals surface area contributed by atoms with E-state index in [1.165, 1.54) is 0 Å². The molecule has 104 valence electrons. The fourth-order valence-electron chi connectivity index (χ4n) is 2.36. The van der Waals surface area contributed by atoms with Gasteiger partial charge in [-0.15, -0.1) is 0 Å². The van der Waals surface area contributed by atoms with Crippen LogP contribution in [0.15, 0.2) is 23.4 Å². The van der Waals surface area contributed by atoms with Crippen LogP contribution in [0.2, 0.25) is 0 Å². The first-order valence-corrected chi connectivity index (χ1v) is 6.43. The number of amidine groups is 1. The molecule has 0 aliphatic carbocycles. The van der Waals surface area contributed by atoms with E-state index in [0.717, 1.165) is 38.4 Å². The van der Waals surface area contributed by atoms with Crippen molar-refractivity contribution in [3.05, 3.63) is 23.9 Å². The largest absolute Gasteiger partial charge is 0.409 e. The maximum Gasteiger partial charge on any atom is 0.188 e. The van der Waals surface area contributed by atoms with E-state index in [1.807, 2.05) is 12.1 Å². The summed E-state index contributed by atoms with van der Waals surface area (Å²) < 4.78 is 5.19. The molecule has 2 heterocycles. The zero-order chi connectivity index (χ0) is 13.7. The molecule has 0 radical (unpaired) electrons. The molecule has 0 atom stereocenters. The number of methoxy groups -OCH3 is 1. The second-order valence-electron chi connectivity index (χ2n) is 4.75. The first kappa shape index (κ1) is 13.6. The molecule has 6 heteroatoms. The number of nitrogens with two attached hydrogens (primary N) is 1. The smallest absolute Gasteiger partial charge is 0.188 e. The van der Waals surface area contributed by atoms with E-state index < -0.39 is 0 Å². The van der Waals surface area contributed by atoms with Crippen molar-refractivity contribution in [2.45, 2.75) is 12.8 Å². The second kappa shape index (κ2) is 6.38. The summed E-state index contributed by atoms with van der Waals surface area (Å²) in [5, 5.41) is 11.7. The number of hydrogen-bond donors (Lipinski definition) is 2. The molecule has 19 heavy (non-hydrogen) atoms. The Morgan fingerprint density at radius 1 is 1.53 bits per heavy atom. The molecular weight excluding hydrogens is 244 g/mol. The van der Waals surface area contributed by atoms with Crippen molar-refractivity contribution in [3.63, 3.8) is 0 Å². The first-order valence-electron chi connectivity index (χ1n) is 6.43. The lowest BCUT2D eigenvalue weighted by molar-refractivity contribution is 0.139. The highest BCUT2D eigenvalue weighted by Gasteiger charge is 2.20. The van der Waals surface area contributed by atoms with Gasteiger partial charge in [0.25, 0.3) is 0 Å². The van der Waals surface area contributed by atoms with Gasteiger partial charge in [0, 0.05) is 26.8 Å². The van der Waals surface area contributed by atoms with Crippen molar-refractivity contribution in [2.24, 2.45) is 16.8 Å². The minimum absolute atomic E-state index is 0.0381. The standard InChI is InChI=1S/C13H20N4O2/c1-19-9-10-5-7-17(8-6-10)12-4-2-3-11(15-12)13(14)16-18/h2-4,10,18H,5-9H2,1H3,(H2,14,16). The lowest BCUT2D eigenvalue weighted by Gasteiger charge is -2.32. The van der Waals surface area contributed by atoms with Gasteiger partial charge >= 0.3 is 0 Å². The summed E-state index contributed by atoms with van der Waals surface area (Å²) in [4.78, 5) is 6.64. The lowest BCUT2D eigenvalue weighted by Crippen LogP contribution is -2.35. The summed E-state index contributed by atoms with van der Waals surface area (Å²) in [5.74, 6) is 1.55. The summed E-state index contributed by atoms with van der Waals surface area (Å²) in [6.45, 7) is 2.74. The normalized spacial score (nSPS) is 17.7. The number of anilines is 1. The molecule has 0 aromatic carbocycles. The third-order valence-electron chi connectivity index (χ3n) is 3.45. The van der Waals surface area contributed by atoms with Crippen molar-refractivity contribution in [3.8, 4) is 0 Å². The van der Waals surface area contributed by atoms with Gasteiger partial charge in [-0.25, -0.2) is 4.98 Å². The maximum absolute atomic E-state index is 8.68. The Bertz CT molecular complexity index is 442. The van der Waals surface area contributed by atoms with E-state index >= 15 is 0 Å². The molecule has 1 aliphatic heterocycles. The second-order valence-corrected chi connectivity index (χ2v) is 4.75. The van der Waals surface area contributed by atoms with Crippen LogP contribution in [-0.4, -0.2) is 42.8 Å². The number of piperidine rings is 1. The van der Waals surface area contributed by atoms with Gasteiger partial charge in [0.15, 0.2) is 5.84 Å². The predicted octanol–water partition coefficient (Wildman–Crippen LogP) is 1.04. The molecule has 1 aliphatic rings. The van der Waals surface area contributed by atoms with Crippen LogP contribution in [0, 0.1) is 5.92 Å². The van der Waals surface area contributed by atoms with E-state index in [1.54, 1.807) is 13.2 Å². The van der Waals surface area contributed by atoms with E-state index in [2.05, 4.69) is 15.0 Å². The van der Waals surface area contributed by atoms with Crippen LogP contribution in [0.3, 0.4) is 0 Å². The van der Waals surface area contributed by atoms with Crippen molar-refractivity contribution in [1.29, 1.82) is 0 Å². The van der Waals surface area contributed by atoms with Crippen LogP contribution in [-0.2, 0) is 4.74 Å². The molecule has 1 fully saturated rings. The van der Waals surface area contributed by atoms with Gasteiger partial charge in [-0.05, 0) is 30.9 Å². The molecule has 6 nitrogen and oxygen atoms in total. The third-order valence-corrected chi connectivity index (χ3v) is 3.45. The number of hydrogen-bond acceptors (Lipinski definition) is 5. The Morgan fingerprint density at radius 2 is 2.26 bits per heavy atom. The molecule has 0 unspecified atom stereocenters. The molecule has 0 saturated carbocycles. The Labute approximate surface area is 112 Å². The van der Waals surface area contributed by atoms with Gasteiger partial charge in [0.2, 0.25) is 0 Å². The van der Waals surface area contributed by atoms with Crippen LogP contribution in [0.4, 0.5) is 5.82 Å². The number of ether oxygens (including phenoxy) is 1. The van der Waals surface area contributed by atoms with Gasteiger partial charge in [-0.3, -0.25) is 0 Å². The Balaban J connectivity index is 2.03. The minimum atomic E-state index is 0.0381. The Hall–Kier alpha value is -1.82. The molecule has 1 aromatic heterocycles. The SMILES string of the molecule is COCC1CCN(c2cccc(C(N)=NO)n2)CC1. The molecule has 2 rings (SSSR count). The summed E-state index contributed by atoms with van der Waals surface area (Å²) in [6.07, 6.45) is 2.20. The monoisotopic (exact) mass is 264 g/mol. The first-order chi connectivity index (χ1) is 9.24. The summed E-state index contributed by atoms with van der Waals surface area (Å²) in [7, 11) is 1.74. The van der Waals surface area contributed by atoms with E-state index in [9.17, 15) is 0 Å². The molecule has 0 amide bonds. The highest BCUT2D eigenvalue weighted by molar-refractivity contribution is 5.95. The highest BCUT2D eigenvalue weighted by Crippen LogP contribution is 2.22. The number of rotatable bonds is 4. The minimum Gasteiger partial charge on any atom is -0.409 e. The highest BCUT2D eigenvalue weighted by atomic mass is 16.5. The zero-order valence-electron chi connectivity index (χ0n) is 11.1. The quantitative estimate of drug-likeness (QED) is 0.367. The van der Waals surface area contributed by atoms with Crippen molar-refractivity contribution >= 4 is 11.7 Å². The van der Waals surface area contributed by atoms with Gasteiger partial charge in [-0.2, -0.15) is 0 Å². The maximum atomic E-state index is 8.68. The van der Waals surface area contributed by atoms with Gasteiger partial charge in [0.05, 0.1) is 0 Å². The van der Waals surface area contributed by atoms with Gasteiger partial charge < -0.3 is 20.6 Å². The zero-order valence-corrected chi connectivity index (χ0v) is 11.1. The Kier molecular flexibility index (Phi) is 4.57. The Morgan fingerprint density at radius 3 is 2.89 bits per heavy atom. The molecule has 0 bridgehead atoms. The van der Waals surface area contributed by atoms with Crippen LogP contribution >= 0.6 is 0 Å². The van der Waals surface area contributed by atoms with E-state index in [0.29, 0.717) is 11.6 Å². The molecular formula is C13H20N4O2. The fraction of sp³-hybridized carbons (Fsp3) is 0.538. The number of pyridine rings is 1. The summed E-state index contributed by atoms with van der Waals surface area (Å²) in [6, 6.07) is 5.55. The van der Waals surface area contributed by atoms with Crippen LogP contribution < -0.4 is 10.6 Å². The average Bonchev–Trinajstić information content (AvgIpc) is 2.48.